The van der Waals surface area contributed by atoms with Gasteiger partial charge in [-0.25, -0.2) is 4.39 Å². The first-order valence-corrected chi connectivity index (χ1v) is 9.15. The van der Waals surface area contributed by atoms with Crippen LogP contribution in [0.25, 0.3) is 5.76 Å². The molecule has 7 nitrogen and oxygen atoms in total. The zero-order valence-corrected chi connectivity index (χ0v) is 16.5. The highest BCUT2D eigenvalue weighted by atomic mass is 19.1. The number of halogens is 1. The molecule has 154 valence electrons. The summed E-state index contributed by atoms with van der Waals surface area (Å²) in [4.78, 5) is 28.9. The number of carbonyl (C=O) groups is 2. The monoisotopic (exact) mass is 402 g/mol. The number of likely N-dealkylation sites (tertiary alicyclic amines) is 1. The number of ether oxygens (including phenoxy) is 1. The normalized spacial score (nSPS) is 18.7. The fourth-order valence-electron chi connectivity index (χ4n) is 3.42. The number of hydrogen-bond donors (Lipinski definition) is 1. The van der Waals surface area contributed by atoms with Crippen LogP contribution in [0.4, 0.5) is 4.39 Å². The average Bonchev–Trinajstić information content (AvgIpc) is 3.29. The van der Waals surface area contributed by atoms with E-state index in [1.54, 1.807) is 12.1 Å². The highest BCUT2D eigenvalue weighted by molar-refractivity contribution is 6.46. The van der Waals surface area contributed by atoms with E-state index in [0.717, 1.165) is 6.07 Å². The number of rotatable bonds is 7. The molecule has 0 unspecified atom stereocenters. The van der Waals surface area contributed by atoms with Crippen molar-refractivity contribution in [3.63, 3.8) is 0 Å². The van der Waals surface area contributed by atoms with Crippen LogP contribution in [0, 0.1) is 5.82 Å². The van der Waals surface area contributed by atoms with Crippen LogP contribution in [0.3, 0.4) is 0 Å². The molecule has 1 atom stereocenters. The molecule has 1 amide bonds. The van der Waals surface area contributed by atoms with Crippen LogP contribution in [0.1, 0.15) is 23.8 Å². The molecular formula is C21H23FN2O5. The standard InChI is InChI=1S/C21H23FN2O5/c1-23(2)9-5-10-24-18(16-6-4-11-29-16)17(20(26)21(24)27)19(25)14-12-13(22)7-8-15(14)28-3/h4,6-8,11-12,18,25H,5,9-10H2,1-3H3/b19-17+/t18-/m1/s1. The van der Waals surface area contributed by atoms with E-state index in [4.69, 9.17) is 9.15 Å². The molecule has 3 rings (SSSR count). The van der Waals surface area contributed by atoms with Gasteiger partial charge >= 0.3 is 0 Å². The lowest BCUT2D eigenvalue weighted by Crippen LogP contribution is -2.32. The van der Waals surface area contributed by atoms with E-state index in [0.29, 0.717) is 25.3 Å². The minimum absolute atomic E-state index is 0.00431. The van der Waals surface area contributed by atoms with Crippen LogP contribution in [0.15, 0.2) is 46.6 Å². The molecule has 0 aliphatic carbocycles. The second-order valence-electron chi connectivity index (χ2n) is 7.01. The van der Waals surface area contributed by atoms with Gasteiger partial charge in [-0.05, 0) is 57.4 Å². The third-order valence-corrected chi connectivity index (χ3v) is 4.77. The van der Waals surface area contributed by atoms with Crippen molar-refractivity contribution < 1.29 is 28.2 Å². The Balaban J connectivity index is 2.10. The third kappa shape index (κ3) is 4.02. The number of Topliss-reactive ketones (excluding diaryl/α,β-unsaturated/α-hetero) is 1. The first kappa shape index (κ1) is 20.6. The molecule has 0 radical (unpaired) electrons. The van der Waals surface area contributed by atoms with E-state index < -0.39 is 29.3 Å². The number of hydrogen-bond acceptors (Lipinski definition) is 6. The van der Waals surface area contributed by atoms with E-state index >= 15 is 0 Å². The average molecular weight is 402 g/mol. The summed E-state index contributed by atoms with van der Waals surface area (Å²) in [6.45, 7) is 1.01. The second-order valence-corrected chi connectivity index (χ2v) is 7.01. The quantitative estimate of drug-likeness (QED) is 0.436. The second kappa shape index (κ2) is 8.48. The molecule has 1 N–H and O–H groups in total. The van der Waals surface area contributed by atoms with Crippen molar-refractivity contribution in [2.45, 2.75) is 12.5 Å². The molecular weight excluding hydrogens is 379 g/mol. The van der Waals surface area contributed by atoms with Gasteiger partial charge in [0.05, 0.1) is 24.5 Å². The summed E-state index contributed by atoms with van der Waals surface area (Å²) in [5.74, 6) is -2.17. The Kier molecular flexibility index (Phi) is 6.03. The summed E-state index contributed by atoms with van der Waals surface area (Å²) < 4.78 is 24.5. The zero-order chi connectivity index (χ0) is 21.1. The maximum atomic E-state index is 13.8. The van der Waals surface area contributed by atoms with Gasteiger partial charge in [0.15, 0.2) is 0 Å². The van der Waals surface area contributed by atoms with E-state index in [-0.39, 0.29) is 16.9 Å². The lowest BCUT2D eigenvalue weighted by atomic mass is 9.98. The Morgan fingerprint density at radius 2 is 2.07 bits per heavy atom. The minimum atomic E-state index is -0.903. The van der Waals surface area contributed by atoms with Crippen LogP contribution in [-0.2, 0) is 9.59 Å². The van der Waals surface area contributed by atoms with Gasteiger partial charge in [0.2, 0.25) is 0 Å². The molecule has 1 aliphatic heterocycles. The van der Waals surface area contributed by atoms with Crippen LogP contribution in [0.5, 0.6) is 5.75 Å². The van der Waals surface area contributed by atoms with Crippen molar-refractivity contribution in [3.05, 3.63) is 59.3 Å². The van der Waals surface area contributed by atoms with Crippen LogP contribution >= 0.6 is 0 Å². The Morgan fingerprint density at radius 1 is 1.31 bits per heavy atom. The molecule has 0 spiro atoms. The molecule has 1 aromatic carbocycles. The molecule has 1 fully saturated rings. The van der Waals surface area contributed by atoms with Crippen molar-refractivity contribution in [2.75, 3.05) is 34.3 Å². The van der Waals surface area contributed by atoms with Gasteiger partial charge in [-0.15, -0.1) is 0 Å². The number of carbonyl (C=O) groups excluding carboxylic acids is 2. The van der Waals surface area contributed by atoms with Gasteiger partial charge in [0, 0.05) is 6.54 Å². The van der Waals surface area contributed by atoms with Crippen molar-refractivity contribution >= 4 is 17.4 Å². The molecule has 1 saturated heterocycles. The lowest BCUT2D eigenvalue weighted by Gasteiger charge is -2.24. The van der Waals surface area contributed by atoms with Gasteiger partial charge < -0.3 is 24.1 Å². The number of furan rings is 1. The SMILES string of the molecule is COc1ccc(F)cc1/C(O)=C1\C(=O)C(=O)N(CCCN(C)C)[C@@H]1c1ccco1. The lowest BCUT2D eigenvalue weighted by molar-refractivity contribution is -0.140. The highest BCUT2D eigenvalue weighted by Gasteiger charge is 2.47. The molecule has 2 heterocycles. The molecule has 1 aromatic heterocycles. The summed E-state index contributed by atoms with van der Waals surface area (Å²) in [7, 11) is 5.19. The minimum Gasteiger partial charge on any atom is -0.507 e. The summed E-state index contributed by atoms with van der Waals surface area (Å²) >= 11 is 0. The topological polar surface area (TPSA) is 83.2 Å². The maximum absolute atomic E-state index is 13.8. The number of aliphatic hydroxyl groups excluding tert-OH is 1. The van der Waals surface area contributed by atoms with Crippen LogP contribution in [0.2, 0.25) is 0 Å². The molecule has 0 bridgehead atoms. The Morgan fingerprint density at radius 3 is 2.69 bits per heavy atom. The predicted molar refractivity (Wildman–Crippen MR) is 104 cm³/mol. The Hall–Kier alpha value is -3.13. The van der Waals surface area contributed by atoms with Gasteiger partial charge in [-0.1, -0.05) is 0 Å². The van der Waals surface area contributed by atoms with Crippen molar-refractivity contribution in [2.24, 2.45) is 0 Å². The Bertz CT molecular complexity index is 937. The summed E-state index contributed by atoms with van der Waals surface area (Å²) in [5, 5.41) is 10.9. The molecule has 29 heavy (non-hydrogen) atoms. The van der Waals surface area contributed by atoms with Crippen molar-refractivity contribution in [1.29, 1.82) is 0 Å². The zero-order valence-electron chi connectivity index (χ0n) is 16.5. The first-order chi connectivity index (χ1) is 13.8. The number of aliphatic hydroxyl groups is 1. The number of amides is 1. The maximum Gasteiger partial charge on any atom is 0.295 e. The number of methoxy groups -OCH3 is 1. The number of benzene rings is 1. The van der Waals surface area contributed by atoms with Crippen molar-refractivity contribution in [3.8, 4) is 5.75 Å². The first-order valence-electron chi connectivity index (χ1n) is 9.15. The van der Waals surface area contributed by atoms with E-state index in [1.807, 2.05) is 19.0 Å². The largest absolute Gasteiger partial charge is 0.507 e. The smallest absolute Gasteiger partial charge is 0.295 e. The summed E-state index contributed by atoms with van der Waals surface area (Å²) in [6, 6.07) is 5.95. The Labute approximate surface area is 168 Å². The predicted octanol–water partition coefficient (Wildman–Crippen LogP) is 2.80. The summed E-state index contributed by atoms with van der Waals surface area (Å²) in [5.41, 5.74) is -0.158. The van der Waals surface area contributed by atoms with Crippen LogP contribution < -0.4 is 4.74 Å². The molecule has 1 aliphatic rings. The van der Waals surface area contributed by atoms with E-state index in [9.17, 15) is 19.1 Å². The van der Waals surface area contributed by atoms with Crippen molar-refractivity contribution in [1.82, 2.24) is 9.80 Å². The highest BCUT2D eigenvalue weighted by Crippen LogP contribution is 2.41. The number of nitrogens with zero attached hydrogens (tertiary/aromatic N) is 2. The third-order valence-electron chi connectivity index (χ3n) is 4.77. The van der Waals surface area contributed by atoms with Gasteiger partial charge in [-0.3, -0.25) is 9.59 Å². The summed E-state index contributed by atoms with van der Waals surface area (Å²) in [6.07, 6.45) is 2.05. The molecule has 8 heteroatoms. The van der Waals surface area contributed by atoms with Crippen LogP contribution in [-0.4, -0.2) is 60.9 Å². The fourth-order valence-corrected chi connectivity index (χ4v) is 3.42. The van der Waals surface area contributed by atoms with E-state index in [1.165, 1.54) is 30.4 Å². The van der Waals surface area contributed by atoms with Gasteiger partial charge in [0.25, 0.3) is 11.7 Å². The van der Waals surface area contributed by atoms with Gasteiger partial charge in [-0.2, -0.15) is 0 Å². The molecule has 2 aromatic rings. The number of ketones is 1. The van der Waals surface area contributed by atoms with Gasteiger partial charge in [0.1, 0.15) is 29.1 Å². The fraction of sp³-hybridized carbons (Fsp3) is 0.333. The molecule has 0 saturated carbocycles. The van der Waals surface area contributed by atoms with E-state index in [2.05, 4.69) is 0 Å².